The summed E-state index contributed by atoms with van der Waals surface area (Å²) < 4.78 is 23.3. The number of cyclic esters (lactones) is 1. The van der Waals surface area contributed by atoms with Gasteiger partial charge in [-0.3, -0.25) is 19.2 Å². The van der Waals surface area contributed by atoms with Gasteiger partial charge in [-0.25, -0.2) is 4.79 Å². The first-order chi connectivity index (χ1) is 22.1. The van der Waals surface area contributed by atoms with Crippen LogP contribution in [0.5, 0.6) is 0 Å². The van der Waals surface area contributed by atoms with Crippen LogP contribution in [0, 0.1) is 23.7 Å². The lowest BCUT2D eigenvalue weighted by Gasteiger charge is -2.47. The van der Waals surface area contributed by atoms with Gasteiger partial charge < -0.3 is 34.1 Å². The van der Waals surface area contributed by atoms with Crippen LogP contribution in [0.4, 0.5) is 0 Å². The van der Waals surface area contributed by atoms with Crippen LogP contribution in [0.2, 0.25) is 0 Å². The molecule has 2 fully saturated rings. The summed E-state index contributed by atoms with van der Waals surface area (Å²) in [4.78, 5) is 68.4. The van der Waals surface area contributed by atoms with Gasteiger partial charge in [0.05, 0.1) is 18.3 Å². The quantitative estimate of drug-likeness (QED) is 0.258. The molecule has 11 atom stereocenters. The Morgan fingerprint density at radius 1 is 1.04 bits per heavy atom. The lowest BCUT2D eigenvalue weighted by atomic mass is 9.82. The molecular weight excluding hydrogens is 610 g/mol. The van der Waals surface area contributed by atoms with Crippen molar-refractivity contribution in [1.29, 1.82) is 0 Å². The van der Waals surface area contributed by atoms with Gasteiger partial charge in [-0.1, -0.05) is 39.3 Å². The van der Waals surface area contributed by atoms with Crippen molar-refractivity contribution in [3.63, 3.8) is 0 Å². The van der Waals surface area contributed by atoms with E-state index in [1.807, 2.05) is 26.8 Å². The normalized spacial score (nSPS) is 38.9. The van der Waals surface area contributed by atoms with Gasteiger partial charge in [-0.15, -0.1) is 0 Å². The largest absolute Gasteiger partial charge is 0.452 e. The number of hydrogen-bond donors (Lipinski definition) is 2. The minimum Gasteiger partial charge on any atom is -0.452 e. The minimum absolute atomic E-state index is 0.0306. The van der Waals surface area contributed by atoms with E-state index in [-0.39, 0.29) is 37.5 Å². The van der Waals surface area contributed by atoms with Crippen molar-refractivity contribution in [3.8, 4) is 0 Å². The number of esters is 1. The van der Waals surface area contributed by atoms with Crippen molar-refractivity contribution in [1.82, 2.24) is 4.90 Å². The lowest BCUT2D eigenvalue weighted by molar-refractivity contribution is -0.302. The smallest absolute Gasteiger partial charge is 0.329 e. The molecule has 3 aliphatic heterocycles. The fourth-order valence-corrected chi connectivity index (χ4v) is 7.32. The number of allylic oxidation sites excluding steroid dienone is 2. The Balaban J connectivity index is 2.07. The maximum atomic E-state index is 13.9. The van der Waals surface area contributed by atoms with Crippen molar-refractivity contribution in [2.24, 2.45) is 23.7 Å². The number of carbonyl (C=O) groups is 5. The molecule has 3 rings (SSSR count). The van der Waals surface area contributed by atoms with Crippen LogP contribution >= 0.6 is 0 Å². The van der Waals surface area contributed by atoms with Crippen LogP contribution in [0.15, 0.2) is 11.6 Å². The zero-order valence-electron chi connectivity index (χ0n) is 29.2. The fraction of sp³-hybridized carbons (Fsp3) is 0.800. The van der Waals surface area contributed by atoms with Crippen LogP contribution in [0.3, 0.4) is 0 Å². The summed E-state index contributed by atoms with van der Waals surface area (Å²) in [6, 6.07) is -1.20. The van der Waals surface area contributed by atoms with Gasteiger partial charge in [-0.2, -0.15) is 0 Å². The molecule has 0 aromatic carbocycles. The van der Waals surface area contributed by atoms with Gasteiger partial charge in [0.2, 0.25) is 5.79 Å². The number of aliphatic hydroxyl groups is 2. The number of amides is 1. The van der Waals surface area contributed by atoms with Crippen molar-refractivity contribution < 1.29 is 53.1 Å². The average Bonchev–Trinajstić information content (AvgIpc) is 3.04. The summed E-state index contributed by atoms with van der Waals surface area (Å²) in [5, 5.41) is 22.8. The Kier molecular flexibility index (Phi) is 13.9. The predicted molar refractivity (Wildman–Crippen MR) is 171 cm³/mol. The van der Waals surface area contributed by atoms with Crippen molar-refractivity contribution in [3.05, 3.63) is 11.6 Å². The Morgan fingerprint density at radius 2 is 1.68 bits per heavy atom. The van der Waals surface area contributed by atoms with E-state index in [1.165, 1.54) is 28.1 Å². The molecule has 0 radical (unpaired) electrons. The first kappa shape index (κ1) is 38.9. The number of methoxy groups -OCH3 is 2. The molecule has 0 aromatic rings. The maximum absolute atomic E-state index is 13.9. The van der Waals surface area contributed by atoms with E-state index in [1.54, 1.807) is 6.92 Å². The molecule has 0 saturated carbocycles. The molecule has 1 amide bonds. The highest BCUT2D eigenvalue weighted by Gasteiger charge is 2.56. The number of nitrogens with zero attached hydrogens (tertiary/aromatic N) is 1. The summed E-state index contributed by atoms with van der Waals surface area (Å²) in [5.41, 5.74) is 0.965. The monoisotopic (exact) mass is 665 g/mol. The second-order valence-corrected chi connectivity index (χ2v) is 13.9. The lowest BCUT2D eigenvalue weighted by Crippen LogP contribution is -2.64. The van der Waals surface area contributed by atoms with E-state index in [0.717, 1.165) is 10.5 Å². The molecule has 2 bridgehead atoms. The molecule has 0 spiro atoms. The van der Waals surface area contributed by atoms with E-state index >= 15 is 0 Å². The number of rotatable bonds is 4. The van der Waals surface area contributed by atoms with Gasteiger partial charge >= 0.3 is 5.97 Å². The van der Waals surface area contributed by atoms with Crippen molar-refractivity contribution in [2.45, 2.75) is 135 Å². The highest BCUT2D eigenvalue weighted by molar-refractivity contribution is 6.39. The molecule has 47 heavy (non-hydrogen) atoms. The van der Waals surface area contributed by atoms with Crippen molar-refractivity contribution in [2.75, 3.05) is 20.8 Å². The van der Waals surface area contributed by atoms with Crippen LogP contribution in [0.25, 0.3) is 0 Å². The number of Topliss-reactive ketones (excluding diaryl/α,β-unsaturated/α-hetero) is 3. The second kappa shape index (κ2) is 16.7. The predicted octanol–water partition coefficient (Wildman–Crippen LogP) is 2.94. The van der Waals surface area contributed by atoms with Gasteiger partial charge in [0, 0.05) is 44.9 Å². The number of hydrogen-bond acceptors (Lipinski definition) is 11. The van der Waals surface area contributed by atoms with E-state index in [9.17, 15) is 34.2 Å². The zero-order valence-corrected chi connectivity index (χ0v) is 29.2. The SMILES string of the molecule is CCC1C=C(C)CC(C)CC(OC)C2OC(O)(C(=O)C(=O)N3CCCCC3C(=O)OC(C(C)=O)C(C)C(O)CC1=O)C(C)CC2OC. The third kappa shape index (κ3) is 8.94. The molecule has 0 aliphatic carbocycles. The van der Waals surface area contributed by atoms with Gasteiger partial charge in [0.15, 0.2) is 11.9 Å². The number of carbonyl (C=O) groups excluding carboxylic acids is 5. The molecule has 11 unspecified atom stereocenters. The molecular formula is C35H55NO11. The summed E-state index contributed by atoms with van der Waals surface area (Å²) in [6.45, 7) is 10.3. The number of aliphatic hydroxyl groups excluding tert-OH is 1. The third-order valence-corrected chi connectivity index (χ3v) is 10.2. The van der Waals surface area contributed by atoms with E-state index in [0.29, 0.717) is 32.1 Å². The number of piperidine rings is 1. The zero-order chi connectivity index (χ0) is 35.2. The van der Waals surface area contributed by atoms with Gasteiger partial charge in [0.1, 0.15) is 17.9 Å². The number of ketones is 3. The minimum atomic E-state index is -2.51. The van der Waals surface area contributed by atoms with Crippen molar-refractivity contribution >= 4 is 29.2 Å². The highest BCUT2D eigenvalue weighted by atomic mass is 16.7. The number of ether oxygens (including phenoxy) is 4. The van der Waals surface area contributed by atoms with Crippen LogP contribution in [-0.4, -0.2) is 107 Å². The molecule has 12 nitrogen and oxygen atoms in total. The van der Waals surface area contributed by atoms with Crippen LogP contribution in [-0.2, 0) is 42.9 Å². The second-order valence-electron chi connectivity index (χ2n) is 13.9. The third-order valence-electron chi connectivity index (χ3n) is 10.2. The highest BCUT2D eigenvalue weighted by Crippen LogP contribution is 2.39. The van der Waals surface area contributed by atoms with E-state index < -0.39 is 83.5 Å². The topological polar surface area (TPSA) is 166 Å². The fourth-order valence-electron chi connectivity index (χ4n) is 7.32. The average molecular weight is 666 g/mol. The molecule has 0 aromatic heterocycles. The summed E-state index contributed by atoms with van der Waals surface area (Å²) in [5.74, 6) is -8.59. The Labute approximate surface area is 278 Å². The molecule has 2 saturated heterocycles. The molecule has 12 heteroatoms. The number of fused-ring (bicyclic) bond motifs is 3. The summed E-state index contributed by atoms with van der Waals surface area (Å²) >= 11 is 0. The Bertz CT molecular complexity index is 1190. The Morgan fingerprint density at radius 3 is 2.28 bits per heavy atom. The van der Waals surface area contributed by atoms with Crippen LogP contribution < -0.4 is 0 Å². The molecule has 2 N–H and O–H groups in total. The van der Waals surface area contributed by atoms with E-state index in [4.69, 9.17) is 18.9 Å². The van der Waals surface area contributed by atoms with Crippen LogP contribution in [0.1, 0.15) is 92.9 Å². The first-order valence-corrected chi connectivity index (χ1v) is 17.0. The standard InChI is InChI=1S/C35H55NO11/c1-9-24-15-19(2)14-20(3)16-28(44-7)31-29(45-8)17-21(4)35(43,47-31)32(40)33(41)36-13-11-10-12-25(36)34(42)46-30(23(6)37)22(5)26(38)18-27(24)39/h15,20-22,24-26,28-31,38,43H,9-14,16-18H2,1-8H3. The summed E-state index contributed by atoms with van der Waals surface area (Å²) in [7, 11) is 3.02. The maximum Gasteiger partial charge on any atom is 0.329 e. The molecule has 3 aliphatic rings. The molecule has 266 valence electrons. The summed E-state index contributed by atoms with van der Waals surface area (Å²) in [6.07, 6.45) is 0.0157. The Hall–Kier alpha value is -2.51. The van der Waals surface area contributed by atoms with Gasteiger partial charge in [0.25, 0.3) is 11.7 Å². The van der Waals surface area contributed by atoms with Gasteiger partial charge in [-0.05, 0) is 64.7 Å². The van der Waals surface area contributed by atoms with E-state index in [2.05, 4.69) is 0 Å². The first-order valence-electron chi connectivity index (χ1n) is 17.0. The molecule has 3 heterocycles.